The molecule has 0 aliphatic rings. The molecule has 3 N–H and O–H groups in total. The first-order valence-electron chi connectivity index (χ1n) is 6.74. The Balaban J connectivity index is 2.43. The quantitative estimate of drug-likeness (QED) is 0.659. The van der Waals surface area contributed by atoms with Crippen LogP contribution in [0.5, 0.6) is 0 Å². The first-order chi connectivity index (χ1) is 9.46. The zero-order valence-electron chi connectivity index (χ0n) is 12.2. The van der Waals surface area contributed by atoms with Crippen LogP contribution in [0.4, 0.5) is 4.39 Å². The molecule has 0 amide bonds. The smallest absolute Gasteiger partial charge is 0.126 e. The number of benzene rings is 2. The van der Waals surface area contributed by atoms with Gasteiger partial charge < -0.3 is 0 Å². The molecule has 1 unspecified atom stereocenters. The molecule has 2 aromatic carbocycles. The van der Waals surface area contributed by atoms with E-state index in [4.69, 9.17) is 5.84 Å². The first kappa shape index (κ1) is 14.7. The summed E-state index contributed by atoms with van der Waals surface area (Å²) in [6.07, 6.45) is 0. The number of hydrazine groups is 1. The van der Waals surface area contributed by atoms with Crippen LogP contribution in [0.3, 0.4) is 0 Å². The molecule has 2 rings (SSSR count). The van der Waals surface area contributed by atoms with E-state index in [1.165, 1.54) is 11.6 Å². The molecular formula is C17H21FN2. The van der Waals surface area contributed by atoms with Crippen LogP contribution in [-0.4, -0.2) is 0 Å². The van der Waals surface area contributed by atoms with Crippen molar-refractivity contribution in [3.8, 4) is 0 Å². The van der Waals surface area contributed by atoms with Gasteiger partial charge in [0, 0.05) is 5.41 Å². The minimum absolute atomic E-state index is 0.0933. The highest BCUT2D eigenvalue weighted by molar-refractivity contribution is 5.34. The second kappa shape index (κ2) is 5.73. The molecule has 0 aliphatic carbocycles. The third-order valence-electron chi connectivity index (χ3n) is 3.92. The molecule has 0 aliphatic heterocycles. The Labute approximate surface area is 119 Å². The minimum Gasteiger partial charge on any atom is -0.271 e. The molecule has 0 fully saturated rings. The average molecular weight is 272 g/mol. The van der Waals surface area contributed by atoms with E-state index >= 15 is 0 Å². The highest BCUT2D eigenvalue weighted by atomic mass is 19.1. The van der Waals surface area contributed by atoms with Gasteiger partial charge in [-0.1, -0.05) is 56.3 Å². The van der Waals surface area contributed by atoms with Crippen LogP contribution in [0.15, 0.2) is 48.5 Å². The number of hydrogen-bond acceptors (Lipinski definition) is 2. The van der Waals surface area contributed by atoms with Gasteiger partial charge in [0.1, 0.15) is 5.82 Å². The Bertz CT molecular complexity index is 579. The Morgan fingerprint density at radius 1 is 1.10 bits per heavy atom. The van der Waals surface area contributed by atoms with Crippen molar-refractivity contribution >= 4 is 0 Å². The van der Waals surface area contributed by atoms with Crippen molar-refractivity contribution in [3.63, 3.8) is 0 Å². The van der Waals surface area contributed by atoms with Crippen molar-refractivity contribution in [2.75, 3.05) is 0 Å². The number of hydrogen-bond donors (Lipinski definition) is 2. The van der Waals surface area contributed by atoms with E-state index in [1.807, 2.05) is 24.3 Å². The van der Waals surface area contributed by atoms with Crippen molar-refractivity contribution in [2.24, 2.45) is 5.84 Å². The van der Waals surface area contributed by atoms with Crippen LogP contribution in [0, 0.1) is 12.7 Å². The first-order valence-corrected chi connectivity index (χ1v) is 6.74. The largest absolute Gasteiger partial charge is 0.271 e. The van der Waals surface area contributed by atoms with Gasteiger partial charge >= 0.3 is 0 Å². The van der Waals surface area contributed by atoms with Crippen LogP contribution < -0.4 is 11.3 Å². The average Bonchev–Trinajstić information content (AvgIpc) is 2.44. The van der Waals surface area contributed by atoms with Gasteiger partial charge in [0.25, 0.3) is 0 Å². The van der Waals surface area contributed by atoms with E-state index < -0.39 is 0 Å². The lowest BCUT2D eigenvalue weighted by Crippen LogP contribution is -2.41. The van der Waals surface area contributed by atoms with Gasteiger partial charge in [0.2, 0.25) is 0 Å². The van der Waals surface area contributed by atoms with Crippen molar-refractivity contribution in [1.29, 1.82) is 0 Å². The van der Waals surface area contributed by atoms with Crippen LogP contribution in [0.1, 0.15) is 36.6 Å². The summed E-state index contributed by atoms with van der Waals surface area (Å²) in [6.45, 7) is 6.03. The van der Waals surface area contributed by atoms with Gasteiger partial charge in [-0.05, 0) is 29.7 Å². The Morgan fingerprint density at radius 2 is 1.75 bits per heavy atom. The normalized spacial score (nSPS) is 13.2. The lowest BCUT2D eigenvalue weighted by Gasteiger charge is -2.35. The summed E-state index contributed by atoms with van der Waals surface area (Å²) < 4.78 is 13.4. The molecule has 0 saturated heterocycles. The minimum atomic E-state index is -0.208. The third kappa shape index (κ3) is 2.74. The van der Waals surface area contributed by atoms with Crippen molar-refractivity contribution in [3.05, 3.63) is 71.0 Å². The SMILES string of the molecule is Cc1cc(C(NN)C(C)(C)c2ccccc2)ccc1F. The molecule has 106 valence electrons. The summed E-state index contributed by atoms with van der Waals surface area (Å²) >= 11 is 0. The standard InChI is InChI=1S/C17H21FN2/c1-12-11-13(9-10-15(12)18)16(20-19)17(2,3)14-7-5-4-6-8-14/h4-11,16,20H,19H2,1-3H3. The summed E-state index contributed by atoms with van der Waals surface area (Å²) in [5.74, 6) is 5.58. The van der Waals surface area contributed by atoms with Gasteiger partial charge in [0.15, 0.2) is 0 Å². The van der Waals surface area contributed by atoms with E-state index in [0.29, 0.717) is 5.56 Å². The topological polar surface area (TPSA) is 38.0 Å². The number of nitrogens with two attached hydrogens (primary N) is 1. The second-order valence-electron chi connectivity index (χ2n) is 5.70. The summed E-state index contributed by atoms with van der Waals surface area (Å²) in [7, 11) is 0. The Hall–Kier alpha value is -1.71. The zero-order chi connectivity index (χ0) is 14.8. The molecule has 0 radical (unpaired) electrons. The second-order valence-corrected chi connectivity index (χ2v) is 5.70. The fraction of sp³-hybridized carbons (Fsp3) is 0.294. The van der Waals surface area contributed by atoms with E-state index in [-0.39, 0.29) is 17.3 Å². The van der Waals surface area contributed by atoms with Crippen LogP contribution in [0.2, 0.25) is 0 Å². The Morgan fingerprint density at radius 3 is 2.30 bits per heavy atom. The molecule has 0 heterocycles. The summed E-state index contributed by atoms with van der Waals surface area (Å²) in [6, 6.07) is 15.2. The van der Waals surface area contributed by atoms with Gasteiger partial charge in [0.05, 0.1) is 6.04 Å². The molecule has 3 heteroatoms. The Kier molecular flexibility index (Phi) is 4.21. The van der Waals surface area contributed by atoms with E-state index in [0.717, 1.165) is 5.56 Å². The summed E-state index contributed by atoms with van der Waals surface area (Å²) in [4.78, 5) is 0. The van der Waals surface area contributed by atoms with E-state index in [2.05, 4.69) is 31.4 Å². The van der Waals surface area contributed by atoms with Crippen LogP contribution in [-0.2, 0) is 5.41 Å². The van der Waals surface area contributed by atoms with Crippen molar-refractivity contribution in [2.45, 2.75) is 32.2 Å². The van der Waals surface area contributed by atoms with Crippen molar-refractivity contribution < 1.29 is 4.39 Å². The molecule has 2 nitrogen and oxygen atoms in total. The zero-order valence-corrected chi connectivity index (χ0v) is 12.2. The molecule has 20 heavy (non-hydrogen) atoms. The molecule has 0 aromatic heterocycles. The maximum absolute atomic E-state index is 13.4. The third-order valence-corrected chi connectivity index (χ3v) is 3.92. The highest BCUT2D eigenvalue weighted by Crippen LogP contribution is 2.36. The highest BCUT2D eigenvalue weighted by Gasteiger charge is 2.31. The lowest BCUT2D eigenvalue weighted by atomic mass is 9.75. The monoisotopic (exact) mass is 272 g/mol. The van der Waals surface area contributed by atoms with Gasteiger partial charge in [-0.2, -0.15) is 0 Å². The lowest BCUT2D eigenvalue weighted by molar-refractivity contribution is 0.352. The maximum atomic E-state index is 13.4. The number of rotatable bonds is 4. The van der Waals surface area contributed by atoms with Crippen LogP contribution >= 0.6 is 0 Å². The van der Waals surface area contributed by atoms with E-state index in [9.17, 15) is 4.39 Å². The van der Waals surface area contributed by atoms with Crippen molar-refractivity contribution in [1.82, 2.24) is 5.43 Å². The molecule has 0 bridgehead atoms. The molecule has 0 saturated carbocycles. The molecule has 2 aromatic rings. The summed E-state index contributed by atoms with van der Waals surface area (Å²) in [5.41, 5.74) is 5.48. The van der Waals surface area contributed by atoms with Gasteiger partial charge in [-0.3, -0.25) is 11.3 Å². The van der Waals surface area contributed by atoms with Gasteiger partial charge in [-0.25, -0.2) is 4.39 Å². The number of nitrogens with one attached hydrogen (secondary N) is 1. The predicted molar refractivity (Wildman–Crippen MR) is 80.7 cm³/mol. The number of halogens is 1. The molecule has 0 spiro atoms. The summed E-state index contributed by atoms with van der Waals surface area (Å²) in [5, 5.41) is 0. The number of aryl methyl sites for hydroxylation is 1. The van der Waals surface area contributed by atoms with Gasteiger partial charge in [-0.15, -0.1) is 0 Å². The molecular weight excluding hydrogens is 251 g/mol. The maximum Gasteiger partial charge on any atom is 0.126 e. The fourth-order valence-electron chi connectivity index (χ4n) is 2.60. The fourth-order valence-corrected chi connectivity index (χ4v) is 2.60. The van der Waals surface area contributed by atoms with Crippen LogP contribution in [0.25, 0.3) is 0 Å². The van der Waals surface area contributed by atoms with E-state index in [1.54, 1.807) is 13.0 Å². The predicted octanol–water partition coefficient (Wildman–Crippen LogP) is 3.62. The molecule has 1 atom stereocenters.